The van der Waals surface area contributed by atoms with Crippen molar-refractivity contribution in [2.75, 3.05) is 12.4 Å². The van der Waals surface area contributed by atoms with Crippen molar-refractivity contribution in [1.82, 2.24) is 4.98 Å². The standard InChI is InChI=1S/C20H24N2O2/c1-11(2)21-18-9-14(8-12(3)20(18)23)19-13(4)16-10-15(24-5)6-7-17(16)22-19/h6-11,21-23H,1-5H3. The highest BCUT2D eigenvalue weighted by atomic mass is 16.5. The van der Waals surface area contributed by atoms with Crippen LogP contribution in [-0.4, -0.2) is 23.2 Å². The molecule has 4 nitrogen and oxygen atoms in total. The monoisotopic (exact) mass is 324 g/mol. The first kappa shape index (κ1) is 16.2. The summed E-state index contributed by atoms with van der Waals surface area (Å²) in [4.78, 5) is 3.49. The average Bonchev–Trinajstić information content (AvgIpc) is 2.87. The number of aromatic amines is 1. The van der Waals surface area contributed by atoms with Crippen LogP contribution in [0.2, 0.25) is 0 Å². The van der Waals surface area contributed by atoms with Crippen LogP contribution in [0, 0.1) is 13.8 Å². The summed E-state index contributed by atoms with van der Waals surface area (Å²) in [6.07, 6.45) is 0. The molecule has 4 heteroatoms. The van der Waals surface area contributed by atoms with E-state index in [0.29, 0.717) is 5.75 Å². The molecule has 0 spiro atoms. The lowest BCUT2D eigenvalue weighted by molar-refractivity contribution is 0.415. The molecule has 0 saturated carbocycles. The first-order valence-electron chi connectivity index (χ1n) is 8.17. The quantitative estimate of drug-likeness (QED) is 0.593. The minimum Gasteiger partial charge on any atom is -0.506 e. The van der Waals surface area contributed by atoms with Crippen LogP contribution in [0.4, 0.5) is 5.69 Å². The Bertz CT molecular complexity index is 894. The summed E-state index contributed by atoms with van der Waals surface area (Å²) in [5, 5.41) is 14.8. The van der Waals surface area contributed by atoms with E-state index in [4.69, 9.17) is 4.74 Å². The molecule has 0 aliphatic heterocycles. The minimum absolute atomic E-state index is 0.249. The summed E-state index contributed by atoms with van der Waals surface area (Å²) in [5.41, 5.74) is 5.98. The first-order valence-corrected chi connectivity index (χ1v) is 8.17. The number of aryl methyl sites for hydroxylation is 2. The number of phenolic OH excluding ortho intramolecular Hbond substituents is 1. The average molecular weight is 324 g/mol. The predicted octanol–water partition coefficient (Wildman–Crippen LogP) is 4.99. The summed E-state index contributed by atoms with van der Waals surface area (Å²) in [6, 6.07) is 10.3. The van der Waals surface area contributed by atoms with E-state index in [1.807, 2.05) is 37.3 Å². The Balaban J connectivity index is 2.16. The maximum absolute atomic E-state index is 10.3. The number of benzene rings is 2. The second kappa shape index (κ2) is 6.11. The zero-order valence-corrected chi connectivity index (χ0v) is 14.8. The molecule has 0 radical (unpaired) electrons. The van der Waals surface area contributed by atoms with Crippen LogP contribution in [0.3, 0.4) is 0 Å². The van der Waals surface area contributed by atoms with Gasteiger partial charge < -0.3 is 20.1 Å². The third kappa shape index (κ3) is 2.80. The van der Waals surface area contributed by atoms with E-state index in [2.05, 4.69) is 31.1 Å². The van der Waals surface area contributed by atoms with Crippen LogP contribution >= 0.6 is 0 Å². The minimum atomic E-state index is 0.249. The summed E-state index contributed by atoms with van der Waals surface area (Å²) in [7, 11) is 1.68. The Hall–Kier alpha value is -2.62. The maximum atomic E-state index is 10.3. The topological polar surface area (TPSA) is 57.3 Å². The number of fused-ring (bicyclic) bond motifs is 1. The first-order chi connectivity index (χ1) is 11.4. The Kier molecular flexibility index (Phi) is 4.14. The van der Waals surface area contributed by atoms with E-state index >= 15 is 0 Å². The lowest BCUT2D eigenvalue weighted by Gasteiger charge is -2.15. The van der Waals surface area contributed by atoms with Crippen LogP contribution < -0.4 is 10.1 Å². The molecule has 0 unspecified atom stereocenters. The van der Waals surface area contributed by atoms with E-state index < -0.39 is 0 Å². The van der Waals surface area contributed by atoms with Crippen molar-refractivity contribution in [1.29, 1.82) is 0 Å². The molecule has 0 aliphatic carbocycles. The SMILES string of the molecule is COc1ccc2[nH]c(-c3cc(C)c(O)c(NC(C)C)c3)c(C)c2c1. The highest BCUT2D eigenvalue weighted by Gasteiger charge is 2.14. The molecule has 0 bridgehead atoms. The summed E-state index contributed by atoms with van der Waals surface area (Å²) < 4.78 is 5.33. The lowest BCUT2D eigenvalue weighted by Crippen LogP contribution is -2.10. The summed E-state index contributed by atoms with van der Waals surface area (Å²) in [5.74, 6) is 1.16. The highest BCUT2D eigenvalue weighted by molar-refractivity contribution is 5.92. The molecular weight excluding hydrogens is 300 g/mol. The zero-order chi connectivity index (χ0) is 17.4. The van der Waals surface area contributed by atoms with Gasteiger partial charge in [0.05, 0.1) is 12.8 Å². The Morgan fingerprint density at radius 3 is 2.54 bits per heavy atom. The Morgan fingerprint density at radius 2 is 1.88 bits per heavy atom. The molecule has 3 aromatic rings. The van der Waals surface area contributed by atoms with E-state index in [1.54, 1.807) is 7.11 Å². The largest absolute Gasteiger partial charge is 0.506 e. The number of aromatic hydroxyl groups is 1. The molecule has 1 heterocycles. The molecule has 0 aliphatic rings. The molecule has 0 saturated heterocycles. The van der Waals surface area contributed by atoms with Gasteiger partial charge in [-0.25, -0.2) is 0 Å². The molecule has 126 valence electrons. The number of H-pyrrole nitrogens is 1. The molecule has 2 aromatic carbocycles. The normalized spacial score (nSPS) is 11.2. The fourth-order valence-corrected chi connectivity index (χ4v) is 3.07. The van der Waals surface area contributed by atoms with Gasteiger partial charge in [0, 0.05) is 28.2 Å². The molecule has 3 rings (SSSR count). The van der Waals surface area contributed by atoms with Gasteiger partial charge >= 0.3 is 0 Å². The van der Waals surface area contributed by atoms with Crippen molar-refractivity contribution < 1.29 is 9.84 Å². The Labute approximate surface area is 142 Å². The number of anilines is 1. The fourth-order valence-electron chi connectivity index (χ4n) is 3.07. The van der Waals surface area contributed by atoms with Gasteiger partial charge in [0.2, 0.25) is 0 Å². The van der Waals surface area contributed by atoms with Crippen LogP contribution in [0.15, 0.2) is 30.3 Å². The molecule has 3 N–H and O–H groups in total. The number of methoxy groups -OCH3 is 1. The van der Waals surface area contributed by atoms with Crippen molar-refractivity contribution in [2.24, 2.45) is 0 Å². The number of aromatic nitrogens is 1. The third-order valence-corrected chi connectivity index (χ3v) is 4.30. The van der Waals surface area contributed by atoms with Gasteiger partial charge in [-0.1, -0.05) is 0 Å². The van der Waals surface area contributed by atoms with Gasteiger partial charge in [0.25, 0.3) is 0 Å². The van der Waals surface area contributed by atoms with Crippen LogP contribution in [0.25, 0.3) is 22.2 Å². The van der Waals surface area contributed by atoms with Crippen molar-refractivity contribution in [2.45, 2.75) is 33.7 Å². The third-order valence-electron chi connectivity index (χ3n) is 4.30. The molecule has 24 heavy (non-hydrogen) atoms. The highest BCUT2D eigenvalue weighted by Crippen LogP contribution is 2.37. The number of rotatable bonds is 4. The number of phenols is 1. The van der Waals surface area contributed by atoms with Crippen molar-refractivity contribution in [3.63, 3.8) is 0 Å². The summed E-state index contributed by atoms with van der Waals surface area (Å²) in [6.45, 7) is 8.14. The smallest absolute Gasteiger partial charge is 0.141 e. The van der Waals surface area contributed by atoms with Gasteiger partial charge in [-0.2, -0.15) is 0 Å². The van der Waals surface area contributed by atoms with E-state index in [9.17, 15) is 5.11 Å². The number of nitrogens with one attached hydrogen (secondary N) is 2. The van der Waals surface area contributed by atoms with Gasteiger partial charge in [-0.15, -0.1) is 0 Å². The zero-order valence-electron chi connectivity index (χ0n) is 14.8. The van der Waals surface area contributed by atoms with Crippen molar-refractivity contribution in [3.05, 3.63) is 41.5 Å². The number of ether oxygens (including phenoxy) is 1. The molecular formula is C20H24N2O2. The molecule has 1 aromatic heterocycles. The number of hydrogen-bond donors (Lipinski definition) is 3. The fraction of sp³-hybridized carbons (Fsp3) is 0.300. The summed E-state index contributed by atoms with van der Waals surface area (Å²) >= 11 is 0. The second-order valence-electron chi connectivity index (χ2n) is 6.52. The predicted molar refractivity (Wildman–Crippen MR) is 100 cm³/mol. The van der Waals surface area contributed by atoms with Crippen LogP contribution in [-0.2, 0) is 0 Å². The van der Waals surface area contributed by atoms with Crippen molar-refractivity contribution >= 4 is 16.6 Å². The van der Waals surface area contributed by atoms with Crippen LogP contribution in [0.1, 0.15) is 25.0 Å². The number of hydrogen-bond acceptors (Lipinski definition) is 3. The van der Waals surface area contributed by atoms with E-state index in [1.165, 1.54) is 5.56 Å². The van der Waals surface area contributed by atoms with E-state index in [-0.39, 0.29) is 6.04 Å². The van der Waals surface area contributed by atoms with Gasteiger partial charge in [0.15, 0.2) is 0 Å². The van der Waals surface area contributed by atoms with E-state index in [0.717, 1.165) is 39.2 Å². The van der Waals surface area contributed by atoms with Gasteiger partial charge in [-0.05, 0) is 69.2 Å². The maximum Gasteiger partial charge on any atom is 0.141 e. The molecule has 0 fully saturated rings. The Morgan fingerprint density at radius 1 is 1.12 bits per heavy atom. The van der Waals surface area contributed by atoms with Gasteiger partial charge in [0.1, 0.15) is 11.5 Å². The van der Waals surface area contributed by atoms with Gasteiger partial charge in [-0.3, -0.25) is 0 Å². The molecule has 0 atom stereocenters. The second-order valence-corrected chi connectivity index (χ2v) is 6.52. The van der Waals surface area contributed by atoms with Crippen LogP contribution in [0.5, 0.6) is 11.5 Å². The molecule has 0 amide bonds. The van der Waals surface area contributed by atoms with Crippen molar-refractivity contribution in [3.8, 4) is 22.8 Å². The lowest BCUT2D eigenvalue weighted by atomic mass is 10.0.